The van der Waals surface area contributed by atoms with Crippen molar-refractivity contribution in [1.82, 2.24) is 0 Å². The van der Waals surface area contributed by atoms with Crippen LogP contribution in [0.3, 0.4) is 0 Å². The van der Waals surface area contributed by atoms with Crippen molar-refractivity contribution in [3.8, 4) is 0 Å². The van der Waals surface area contributed by atoms with Gasteiger partial charge in [0.05, 0.1) is 5.56 Å². The molecule has 0 atom stereocenters. The van der Waals surface area contributed by atoms with E-state index in [2.05, 4.69) is 5.32 Å². The Balaban J connectivity index is 2.23. The number of hydrogen-bond donors (Lipinski definition) is 3. The number of rotatable bonds is 3. The smallest absolute Gasteiger partial charge is 0.335 e. The van der Waals surface area contributed by atoms with Gasteiger partial charge in [-0.2, -0.15) is 0 Å². The summed E-state index contributed by atoms with van der Waals surface area (Å²) < 4.78 is 0. The van der Waals surface area contributed by atoms with Crippen LogP contribution in [-0.4, -0.2) is 17.0 Å². The third-order valence-electron chi connectivity index (χ3n) is 3.25. The topological polar surface area (TPSA) is 92.4 Å². The third kappa shape index (κ3) is 3.20. The molecule has 4 N–H and O–H groups in total. The van der Waals surface area contributed by atoms with Gasteiger partial charge in [0.25, 0.3) is 5.91 Å². The van der Waals surface area contributed by atoms with Gasteiger partial charge in [0.2, 0.25) is 0 Å². The average molecular weight is 284 g/mol. The summed E-state index contributed by atoms with van der Waals surface area (Å²) in [6.07, 6.45) is 0. The average Bonchev–Trinajstić information content (AvgIpc) is 2.43. The largest absolute Gasteiger partial charge is 0.478 e. The first-order chi connectivity index (χ1) is 9.88. The van der Waals surface area contributed by atoms with Crippen LogP contribution in [0.1, 0.15) is 31.8 Å². The maximum absolute atomic E-state index is 12.2. The SMILES string of the molecule is Cc1cc(C(=O)Nc2ccc(C(=O)O)cc2C)ccc1N. The molecule has 5 heteroatoms. The molecule has 0 fully saturated rings. The van der Waals surface area contributed by atoms with Gasteiger partial charge in [0, 0.05) is 16.9 Å². The first-order valence-electron chi connectivity index (χ1n) is 6.40. The number of benzene rings is 2. The van der Waals surface area contributed by atoms with Crippen LogP contribution in [0.2, 0.25) is 0 Å². The number of hydrogen-bond acceptors (Lipinski definition) is 3. The number of aromatic carboxylic acids is 1. The second-order valence-electron chi connectivity index (χ2n) is 4.86. The summed E-state index contributed by atoms with van der Waals surface area (Å²) in [6, 6.07) is 9.61. The zero-order valence-electron chi connectivity index (χ0n) is 11.8. The maximum atomic E-state index is 12.2. The summed E-state index contributed by atoms with van der Waals surface area (Å²) in [4.78, 5) is 23.1. The van der Waals surface area contributed by atoms with Crippen LogP contribution in [0.25, 0.3) is 0 Å². The monoisotopic (exact) mass is 284 g/mol. The lowest BCUT2D eigenvalue weighted by molar-refractivity contribution is 0.0696. The van der Waals surface area contributed by atoms with Gasteiger partial charge in [-0.25, -0.2) is 4.79 Å². The summed E-state index contributed by atoms with van der Waals surface area (Å²) in [7, 11) is 0. The molecular formula is C16H16N2O3. The maximum Gasteiger partial charge on any atom is 0.335 e. The van der Waals surface area contributed by atoms with E-state index in [9.17, 15) is 9.59 Å². The lowest BCUT2D eigenvalue weighted by Gasteiger charge is -2.10. The number of nitrogen functional groups attached to an aromatic ring is 1. The fraction of sp³-hybridized carbons (Fsp3) is 0.125. The van der Waals surface area contributed by atoms with Crippen LogP contribution in [0.15, 0.2) is 36.4 Å². The van der Waals surface area contributed by atoms with Crippen LogP contribution in [0.4, 0.5) is 11.4 Å². The predicted molar refractivity (Wildman–Crippen MR) is 81.7 cm³/mol. The van der Waals surface area contributed by atoms with Gasteiger partial charge in [-0.3, -0.25) is 4.79 Å². The molecule has 5 nitrogen and oxygen atoms in total. The Morgan fingerprint density at radius 3 is 2.19 bits per heavy atom. The van der Waals surface area contributed by atoms with Gasteiger partial charge in [-0.05, 0) is 61.4 Å². The number of carbonyl (C=O) groups is 2. The Hall–Kier alpha value is -2.82. The fourth-order valence-corrected chi connectivity index (χ4v) is 1.95. The summed E-state index contributed by atoms with van der Waals surface area (Å²) in [5, 5.41) is 11.7. The minimum Gasteiger partial charge on any atom is -0.478 e. The molecule has 0 radical (unpaired) electrons. The van der Waals surface area contributed by atoms with Gasteiger partial charge in [0.15, 0.2) is 0 Å². The first kappa shape index (κ1) is 14.6. The molecule has 0 spiro atoms. The van der Waals surface area contributed by atoms with Crippen molar-refractivity contribution in [3.63, 3.8) is 0 Å². The van der Waals surface area contributed by atoms with Crippen molar-refractivity contribution < 1.29 is 14.7 Å². The molecule has 108 valence electrons. The van der Waals surface area contributed by atoms with Crippen LogP contribution in [0, 0.1) is 13.8 Å². The Bertz CT molecular complexity index is 723. The first-order valence-corrected chi connectivity index (χ1v) is 6.40. The second-order valence-corrected chi connectivity index (χ2v) is 4.86. The molecule has 0 saturated carbocycles. The Morgan fingerprint density at radius 1 is 1.00 bits per heavy atom. The number of nitrogens with two attached hydrogens (primary N) is 1. The minimum atomic E-state index is -0.995. The number of carboxylic acid groups (broad SMARTS) is 1. The van der Waals surface area contributed by atoms with Gasteiger partial charge in [-0.1, -0.05) is 0 Å². The molecule has 0 aromatic heterocycles. The molecule has 0 saturated heterocycles. The minimum absolute atomic E-state index is 0.189. The normalized spacial score (nSPS) is 10.2. The highest BCUT2D eigenvalue weighted by Gasteiger charge is 2.10. The van der Waals surface area contributed by atoms with E-state index >= 15 is 0 Å². The lowest BCUT2D eigenvalue weighted by Crippen LogP contribution is -2.13. The van der Waals surface area contributed by atoms with E-state index in [1.807, 2.05) is 6.92 Å². The molecule has 21 heavy (non-hydrogen) atoms. The highest BCUT2D eigenvalue weighted by molar-refractivity contribution is 6.05. The van der Waals surface area contributed by atoms with Crippen molar-refractivity contribution in [1.29, 1.82) is 0 Å². The van der Waals surface area contributed by atoms with Gasteiger partial charge < -0.3 is 16.2 Å². The molecule has 0 aliphatic carbocycles. The number of aryl methyl sites for hydroxylation is 2. The molecule has 0 unspecified atom stereocenters. The van der Waals surface area contributed by atoms with E-state index in [4.69, 9.17) is 10.8 Å². The number of carboxylic acids is 1. The van der Waals surface area contributed by atoms with Crippen LogP contribution in [-0.2, 0) is 0 Å². The molecule has 1 amide bonds. The highest BCUT2D eigenvalue weighted by Crippen LogP contribution is 2.19. The highest BCUT2D eigenvalue weighted by atomic mass is 16.4. The van der Waals surface area contributed by atoms with E-state index in [0.717, 1.165) is 5.56 Å². The van der Waals surface area contributed by atoms with Crippen LogP contribution in [0.5, 0.6) is 0 Å². The number of nitrogens with one attached hydrogen (secondary N) is 1. The standard InChI is InChI=1S/C16H16N2O3/c1-9-7-11(3-5-13(9)17)15(19)18-14-6-4-12(16(20)21)8-10(14)2/h3-8H,17H2,1-2H3,(H,18,19)(H,20,21). The van der Waals surface area contributed by atoms with Gasteiger partial charge >= 0.3 is 5.97 Å². The van der Waals surface area contributed by atoms with Crippen molar-refractivity contribution in [2.45, 2.75) is 13.8 Å². The Labute approximate surface area is 122 Å². The molecule has 0 bridgehead atoms. The second kappa shape index (κ2) is 5.66. The molecule has 0 aliphatic rings. The Kier molecular flexibility index (Phi) is 3.93. The van der Waals surface area contributed by atoms with E-state index in [-0.39, 0.29) is 11.5 Å². The zero-order valence-corrected chi connectivity index (χ0v) is 11.8. The Morgan fingerprint density at radius 2 is 1.62 bits per heavy atom. The van der Waals surface area contributed by atoms with E-state index in [0.29, 0.717) is 22.5 Å². The van der Waals surface area contributed by atoms with Crippen molar-refractivity contribution >= 4 is 23.3 Å². The summed E-state index contributed by atoms with van der Waals surface area (Å²) in [5.41, 5.74) is 9.15. The molecular weight excluding hydrogens is 268 g/mol. The van der Waals surface area contributed by atoms with Crippen molar-refractivity contribution in [2.24, 2.45) is 0 Å². The van der Waals surface area contributed by atoms with Crippen LogP contribution >= 0.6 is 0 Å². The molecule has 2 rings (SSSR count). The predicted octanol–water partition coefficient (Wildman–Crippen LogP) is 2.84. The van der Waals surface area contributed by atoms with E-state index in [1.54, 1.807) is 31.2 Å². The molecule has 0 aliphatic heterocycles. The van der Waals surface area contributed by atoms with Gasteiger partial charge in [-0.15, -0.1) is 0 Å². The van der Waals surface area contributed by atoms with E-state index in [1.165, 1.54) is 12.1 Å². The number of anilines is 2. The summed E-state index contributed by atoms with van der Waals surface area (Å²) in [6.45, 7) is 3.58. The summed E-state index contributed by atoms with van der Waals surface area (Å²) in [5.74, 6) is -1.26. The fourth-order valence-electron chi connectivity index (χ4n) is 1.95. The van der Waals surface area contributed by atoms with Crippen molar-refractivity contribution in [2.75, 3.05) is 11.1 Å². The quantitative estimate of drug-likeness (QED) is 0.756. The van der Waals surface area contributed by atoms with E-state index < -0.39 is 5.97 Å². The number of carbonyl (C=O) groups excluding carboxylic acids is 1. The van der Waals surface area contributed by atoms with Gasteiger partial charge in [0.1, 0.15) is 0 Å². The molecule has 2 aromatic carbocycles. The summed E-state index contributed by atoms with van der Waals surface area (Å²) >= 11 is 0. The molecule has 2 aromatic rings. The zero-order chi connectivity index (χ0) is 15.6. The molecule has 0 heterocycles. The van der Waals surface area contributed by atoms with Crippen molar-refractivity contribution in [3.05, 3.63) is 58.7 Å². The third-order valence-corrected chi connectivity index (χ3v) is 3.25. The number of amides is 1. The lowest BCUT2D eigenvalue weighted by atomic mass is 10.1. The van der Waals surface area contributed by atoms with Crippen LogP contribution < -0.4 is 11.1 Å².